The number of rotatable bonds is 1. The highest BCUT2D eigenvalue weighted by atomic mass is 16.3. The highest BCUT2D eigenvalue weighted by Gasteiger charge is 2.21. The molecule has 0 aliphatic carbocycles. The Hall–Kier alpha value is -1.35. The van der Waals surface area contributed by atoms with Gasteiger partial charge < -0.3 is 10.0 Å². The zero-order valence-electron chi connectivity index (χ0n) is 8.16. The summed E-state index contributed by atoms with van der Waals surface area (Å²) >= 11 is 0. The molecule has 0 bridgehead atoms. The van der Waals surface area contributed by atoms with E-state index in [2.05, 4.69) is 0 Å². The van der Waals surface area contributed by atoms with Gasteiger partial charge in [-0.05, 0) is 23.6 Å². The van der Waals surface area contributed by atoms with Gasteiger partial charge in [0.1, 0.15) is 0 Å². The standard InChI is InChI=1S/C11H13NO2/c1-8(14)12-5-4-10-3-2-9(7-13)6-11(10)12/h2-3,6,13H,4-5,7H2,1H3. The molecule has 1 aromatic carbocycles. The summed E-state index contributed by atoms with van der Waals surface area (Å²) in [5.41, 5.74) is 3.01. The smallest absolute Gasteiger partial charge is 0.223 e. The van der Waals surface area contributed by atoms with E-state index < -0.39 is 0 Å². The van der Waals surface area contributed by atoms with Crippen LogP contribution in [-0.4, -0.2) is 17.6 Å². The molecule has 1 heterocycles. The predicted octanol–water partition coefficient (Wildman–Crippen LogP) is 1.09. The Morgan fingerprint density at radius 2 is 2.36 bits per heavy atom. The Morgan fingerprint density at radius 1 is 1.57 bits per heavy atom. The minimum Gasteiger partial charge on any atom is -0.392 e. The maximum atomic E-state index is 11.3. The van der Waals surface area contributed by atoms with Gasteiger partial charge in [-0.15, -0.1) is 0 Å². The first-order chi connectivity index (χ1) is 6.72. The molecule has 74 valence electrons. The van der Waals surface area contributed by atoms with Crippen molar-refractivity contribution in [2.45, 2.75) is 20.0 Å². The summed E-state index contributed by atoms with van der Waals surface area (Å²) in [7, 11) is 0. The number of amides is 1. The average molecular weight is 191 g/mol. The molecule has 3 heteroatoms. The molecule has 0 saturated heterocycles. The molecule has 14 heavy (non-hydrogen) atoms. The summed E-state index contributed by atoms with van der Waals surface area (Å²) in [6.45, 7) is 2.36. The second-order valence-electron chi connectivity index (χ2n) is 3.54. The van der Waals surface area contributed by atoms with Crippen molar-refractivity contribution in [1.29, 1.82) is 0 Å². The molecule has 1 aromatic rings. The molecule has 0 saturated carbocycles. The lowest BCUT2D eigenvalue weighted by Crippen LogP contribution is -2.25. The fourth-order valence-corrected chi connectivity index (χ4v) is 1.85. The number of aliphatic hydroxyl groups is 1. The van der Waals surface area contributed by atoms with E-state index in [9.17, 15) is 4.79 Å². The van der Waals surface area contributed by atoms with E-state index in [1.807, 2.05) is 18.2 Å². The second kappa shape index (κ2) is 3.42. The summed E-state index contributed by atoms with van der Waals surface area (Å²) in [5, 5.41) is 8.99. The maximum Gasteiger partial charge on any atom is 0.223 e. The van der Waals surface area contributed by atoms with Crippen LogP contribution in [-0.2, 0) is 17.8 Å². The van der Waals surface area contributed by atoms with Crippen molar-refractivity contribution in [2.75, 3.05) is 11.4 Å². The van der Waals surface area contributed by atoms with Crippen LogP contribution in [0.5, 0.6) is 0 Å². The molecule has 0 aromatic heterocycles. The number of hydrogen-bond acceptors (Lipinski definition) is 2. The maximum absolute atomic E-state index is 11.3. The van der Waals surface area contributed by atoms with Crippen LogP contribution >= 0.6 is 0 Å². The van der Waals surface area contributed by atoms with E-state index >= 15 is 0 Å². The average Bonchev–Trinajstić information content (AvgIpc) is 2.59. The molecule has 1 N–H and O–H groups in total. The van der Waals surface area contributed by atoms with E-state index in [4.69, 9.17) is 5.11 Å². The molecule has 0 radical (unpaired) electrons. The van der Waals surface area contributed by atoms with E-state index in [1.54, 1.807) is 11.8 Å². The van der Waals surface area contributed by atoms with E-state index in [-0.39, 0.29) is 12.5 Å². The van der Waals surface area contributed by atoms with Crippen molar-refractivity contribution < 1.29 is 9.90 Å². The van der Waals surface area contributed by atoms with Gasteiger partial charge in [0.25, 0.3) is 0 Å². The van der Waals surface area contributed by atoms with Gasteiger partial charge in [-0.2, -0.15) is 0 Å². The van der Waals surface area contributed by atoms with Crippen LogP contribution in [0.1, 0.15) is 18.1 Å². The number of hydrogen-bond donors (Lipinski definition) is 1. The summed E-state index contributed by atoms with van der Waals surface area (Å²) in [5.74, 6) is 0.0684. The second-order valence-corrected chi connectivity index (χ2v) is 3.54. The van der Waals surface area contributed by atoms with Crippen molar-refractivity contribution in [2.24, 2.45) is 0 Å². The number of anilines is 1. The van der Waals surface area contributed by atoms with Crippen LogP contribution in [0, 0.1) is 0 Å². The summed E-state index contributed by atoms with van der Waals surface area (Å²) in [6.07, 6.45) is 0.917. The number of carbonyl (C=O) groups is 1. The number of fused-ring (bicyclic) bond motifs is 1. The summed E-state index contributed by atoms with van der Waals surface area (Å²) in [6, 6.07) is 5.79. The van der Waals surface area contributed by atoms with Gasteiger partial charge in [0.2, 0.25) is 5.91 Å². The number of benzene rings is 1. The Balaban J connectivity index is 2.41. The quantitative estimate of drug-likeness (QED) is 0.721. The van der Waals surface area contributed by atoms with Gasteiger partial charge >= 0.3 is 0 Å². The SMILES string of the molecule is CC(=O)N1CCc2ccc(CO)cc21. The van der Waals surface area contributed by atoms with Crippen LogP contribution in [0.25, 0.3) is 0 Å². The van der Waals surface area contributed by atoms with Gasteiger partial charge in [-0.1, -0.05) is 12.1 Å². The largest absolute Gasteiger partial charge is 0.392 e. The first kappa shape index (κ1) is 9.21. The Labute approximate surface area is 83.0 Å². The van der Waals surface area contributed by atoms with Crippen LogP contribution in [0.3, 0.4) is 0 Å². The zero-order valence-corrected chi connectivity index (χ0v) is 8.16. The van der Waals surface area contributed by atoms with Gasteiger partial charge in [-0.3, -0.25) is 4.79 Å². The van der Waals surface area contributed by atoms with Crippen LogP contribution in [0.2, 0.25) is 0 Å². The van der Waals surface area contributed by atoms with Crippen molar-refractivity contribution in [3.05, 3.63) is 29.3 Å². The van der Waals surface area contributed by atoms with E-state index in [0.29, 0.717) is 0 Å². The molecule has 1 amide bonds. The Bertz CT molecular complexity index is 374. The first-order valence-electron chi connectivity index (χ1n) is 4.73. The molecule has 0 fully saturated rings. The monoisotopic (exact) mass is 191 g/mol. The van der Waals surface area contributed by atoms with Crippen LogP contribution in [0.4, 0.5) is 5.69 Å². The Morgan fingerprint density at radius 3 is 3.00 bits per heavy atom. The van der Waals surface area contributed by atoms with Gasteiger partial charge in [-0.25, -0.2) is 0 Å². The topological polar surface area (TPSA) is 40.5 Å². The molecule has 1 aliphatic heterocycles. The van der Waals surface area contributed by atoms with E-state index in [0.717, 1.165) is 24.2 Å². The van der Waals surface area contributed by atoms with Gasteiger partial charge in [0.15, 0.2) is 0 Å². The highest BCUT2D eigenvalue weighted by Crippen LogP contribution is 2.28. The van der Waals surface area contributed by atoms with Crippen molar-refractivity contribution in [3.63, 3.8) is 0 Å². The van der Waals surface area contributed by atoms with Crippen molar-refractivity contribution in [3.8, 4) is 0 Å². The molecule has 1 aliphatic rings. The third kappa shape index (κ3) is 1.40. The number of carbonyl (C=O) groups excluding carboxylic acids is 1. The molecule has 0 spiro atoms. The Kier molecular flexibility index (Phi) is 2.25. The highest BCUT2D eigenvalue weighted by molar-refractivity contribution is 5.93. The van der Waals surface area contributed by atoms with Crippen molar-refractivity contribution >= 4 is 11.6 Å². The minimum atomic E-state index is 0.0268. The first-order valence-corrected chi connectivity index (χ1v) is 4.73. The molecule has 0 unspecified atom stereocenters. The third-order valence-corrected chi connectivity index (χ3v) is 2.61. The van der Waals surface area contributed by atoms with Crippen LogP contribution < -0.4 is 4.90 Å². The molecule has 2 rings (SSSR count). The van der Waals surface area contributed by atoms with E-state index in [1.165, 1.54) is 5.56 Å². The lowest BCUT2D eigenvalue weighted by atomic mass is 10.1. The molecule has 3 nitrogen and oxygen atoms in total. The summed E-state index contributed by atoms with van der Waals surface area (Å²) in [4.78, 5) is 13.0. The zero-order chi connectivity index (χ0) is 10.1. The fraction of sp³-hybridized carbons (Fsp3) is 0.364. The predicted molar refractivity (Wildman–Crippen MR) is 54.1 cm³/mol. The fourth-order valence-electron chi connectivity index (χ4n) is 1.85. The summed E-state index contributed by atoms with van der Waals surface area (Å²) < 4.78 is 0. The van der Waals surface area contributed by atoms with Crippen LogP contribution in [0.15, 0.2) is 18.2 Å². The third-order valence-electron chi connectivity index (χ3n) is 2.61. The van der Waals surface area contributed by atoms with Crippen molar-refractivity contribution in [1.82, 2.24) is 0 Å². The lowest BCUT2D eigenvalue weighted by molar-refractivity contribution is -0.116. The number of nitrogens with zero attached hydrogens (tertiary/aromatic N) is 1. The van der Waals surface area contributed by atoms with Gasteiger partial charge in [0, 0.05) is 19.2 Å². The number of aliphatic hydroxyl groups excluding tert-OH is 1. The van der Waals surface area contributed by atoms with Gasteiger partial charge in [0.05, 0.1) is 6.61 Å². The lowest BCUT2D eigenvalue weighted by Gasteiger charge is -2.15. The molecular weight excluding hydrogens is 178 g/mol. The molecular formula is C11H13NO2. The normalized spacial score (nSPS) is 14.3. The molecule has 0 atom stereocenters. The minimum absolute atomic E-state index is 0.0268.